The normalized spacial score (nSPS) is 15.2. The molecular formula is C54H76Cl6O16. The van der Waals surface area contributed by atoms with E-state index in [4.69, 9.17) is 108 Å². The van der Waals surface area contributed by atoms with E-state index in [0.717, 1.165) is 11.1 Å². The van der Waals surface area contributed by atoms with Crippen molar-refractivity contribution in [3.63, 3.8) is 0 Å². The standard InChI is InChI=1S/C27H39Cl3O8.C27H37Cl3O8/c2*1-17(14-35-15-19-11-9-8-10-12-19)22(37-24(34)36-16-27(28,29)30)18(2)23(33)26(6,7)20(31)13-21(32)38-25(3,4)5/h8-12,17-18,20,22,31H,13-16H2,1-7H3;8-12,17-18,22H,13-16H2,1-7H3/t17-,18+,20-,22-;17-,18+,22-/m00/s1. The van der Waals surface area contributed by atoms with E-state index in [1.165, 1.54) is 34.6 Å². The van der Waals surface area contributed by atoms with Crippen LogP contribution < -0.4 is 0 Å². The van der Waals surface area contributed by atoms with Crippen molar-refractivity contribution < 1.29 is 76.6 Å². The van der Waals surface area contributed by atoms with Crippen LogP contribution in [0.15, 0.2) is 60.7 Å². The fourth-order valence-corrected chi connectivity index (χ4v) is 7.67. The molecule has 0 spiro atoms. The van der Waals surface area contributed by atoms with Gasteiger partial charge in [0, 0.05) is 11.8 Å². The van der Waals surface area contributed by atoms with E-state index in [0.29, 0.717) is 13.2 Å². The number of carbonyl (C=O) groups is 7. The predicted octanol–water partition coefficient (Wildman–Crippen LogP) is 12.3. The lowest BCUT2D eigenvalue weighted by atomic mass is 9.73. The van der Waals surface area contributed by atoms with Crippen molar-refractivity contribution in [2.24, 2.45) is 34.5 Å². The number of benzene rings is 2. The zero-order valence-corrected chi connectivity index (χ0v) is 50.3. The summed E-state index contributed by atoms with van der Waals surface area (Å²) in [5.74, 6) is -5.77. The highest BCUT2D eigenvalue weighted by atomic mass is 35.6. The largest absolute Gasteiger partial charge is 0.508 e. The molecule has 0 bridgehead atoms. The van der Waals surface area contributed by atoms with Gasteiger partial charge in [0.1, 0.15) is 48.8 Å². The maximum absolute atomic E-state index is 13.6. The number of hydrogen-bond donors (Lipinski definition) is 1. The van der Waals surface area contributed by atoms with Gasteiger partial charge in [0.25, 0.3) is 0 Å². The Morgan fingerprint density at radius 3 is 1.24 bits per heavy atom. The van der Waals surface area contributed by atoms with Crippen molar-refractivity contribution in [2.45, 2.75) is 160 Å². The van der Waals surface area contributed by atoms with Gasteiger partial charge in [-0.3, -0.25) is 24.0 Å². The van der Waals surface area contributed by atoms with E-state index in [1.807, 2.05) is 60.7 Å². The van der Waals surface area contributed by atoms with Crippen LogP contribution in [0.1, 0.15) is 121 Å². The van der Waals surface area contributed by atoms with Gasteiger partial charge in [-0.1, -0.05) is 172 Å². The van der Waals surface area contributed by atoms with Gasteiger partial charge in [-0.05, 0) is 66.5 Å². The third kappa shape index (κ3) is 27.9. The van der Waals surface area contributed by atoms with Crippen molar-refractivity contribution in [3.8, 4) is 0 Å². The molecule has 0 fully saturated rings. The van der Waals surface area contributed by atoms with Crippen LogP contribution in [0.4, 0.5) is 9.59 Å². The number of hydrogen-bond acceptors (Lipinski definition) is 16. The second-order valence-electron chi connectivity index (χ2n) is 21.6. The first kappa shape index (κ1) is 70.6. The molecule has 2 aromatic carbocycles. The molecule has 430 valence electrons. The molecule has 16 nitrogen and oxygen atoms in total. The number of aliphatic hydroxyl groups is 1. The van der Waals surface area contributed by atoms with Gasteiger partial charge >= 0.3 is 24.2 Å². The average molecular weight is 1190 g/mol. The van der Waals surface area contributed by atoms with Crippen LogP contribution >= 0.6 is 69.6 Å². The second kappa shape index (κ2) is 31.4. The minimum Gasteiger partial charge on any atom is -0.460 e. The lowest BCUT2D eigenvalue weighted by Gasteiger charge is -2.35. The van der Waals surface area contributed by atoms with Crippen molar-refractivity contribution in [1.29, 1.82) is 0 Å². The third-order valence-electron chi connectivity index (χ3n) is 11.4. The smallest absolute Gasteiger partial charge is 0.460 e. The Labute approximate surface area is 477 Å². The number of esters is 2. The van der Waals surface area contributed by atoms with Crippen LogP contribution in [-0.2, 0) is 75.1 Å². The molecule has 1 N–H and O–H groups in total. The van der Waals surface area contributed by atoms with Crippen LogP contribution in [0.3, 0.4) is 0 Å². The fraction of sp³-hybridized carbons (Fsp3) is 0.648. The van der Waals surface area contributed by atoms with Gasteiger partial charge < -0.3 is 43.0 Å². The molecule has 76 heavy (non-hydrogen) atoms. The van der Waals surface area contributed by atoms with Crippen molar-refractivity contribution in [3.05, 3.63) is 71.8 Å². The van der Waals surface area contributed by atoms with E-state index in [1.54, 1.807) is 62.3 Å². The van der Waals surface area contributed by atoms with Gasteiger partial charge in [-0.2, -0.15) is 0 Å². The number of aliphatic hydroxyl groups excluding tert-OH is 1. The van der Waals surface area contributed by atoms with Crippen LogP contribution in [0.2, 0.25) is 0 Å². The monoisotopic (exact) mass is 1190 g/mol. The molecule has 22 heteroatoms. The number of Topliss-reactive ketones (excluding diaryl/α,β-unsaturated/α-hetero) is 3. The van der Waals surface area contributed by atoms with Gasteiger partial charge in [-0.25, -0.2) is 9.59 Å². The Kier molecular flexibility index (Phi) is 29.1. The number of alkyl halides is 6. The van der Waals surface area contributed by atoms with Crippen LogP contribution in [-0.4, -0.2) is 110 Å². The quantitative estimate of drug-likeness (QED) is 0.0401. The Hall–Kier alpha value is -3.45. The lowest BCUT2D eigenvalue weighted by molar-refractivity contribution is -0.161. The number of ether oxygens (including phenoxy) is 8. The molecule has 0 saturated carbocycles. The minimum absolute atomic E-state index is 0.126. The second-order valence-corrected chi connectivity index (χ2v) is 26.6. The van der Waals surface area contributed by atoms with E-state index in [9.17, 15) is 38.7 Å². The summed E-state index contributed by atoms with van der Waals surface area (Å²) in [6, 6.07) is 18.9. The third-order valence-corrected chi connectivity index (χ3v) is 12.0. The van der Waals surface area contributed by atoms with Gasteiger partial charge in [-0.15, -0.1) is 0 Å². The molecule has 2 rings (SSSR count). The zero-order valence-electron chi connectivity index (χ0n) is 45.8. The van der Waals surface area contributed by atoms with Crippen LogP contribution in [0, 0.1) is 34.5 Å². The van der Waals surface area contributed by atoms with Gasteiger partial charge in [0.05, 0.1) is 61.6 Å². The molecule has 2 aromatic rings. The average Bonchev–Trinajstić information content (AvgIpc) is 3.29. The topological polar surface area (TPSA) is 214 Å². The van der Waals surface area contributed by atoms with E-state index >= 15 is 0 Å². The molecule has 0 aliphatic carbocycles. The molecule has 0 aliphatic heterocycles. The van der Waals surface area contributed by atoms with E-state index in [-0.39, 0.29) is 19.6 Å². The highest BCUT2D eigenvalue weighted by Crippen LogP contribution is 2.34. The maximum Gasteiger partial charge on any atom is 0.508 e. The summed E-state index contributed by atoms with van der Waals surface area (Å²) >= 11 is 33.9. The number of rotatable bonds is 26. The molecule has 0 aliphatic rings. The first-order chi connectivity index (χ1) is 34.7. The maximum atomic E-state index is 13.6. The molecule has 0 unspecified atom stereocenters. The summed E-state index contributed by atoms with van der Waals surface area (Å²) in [5.41, 5.74) is -2.56. The molecule has 0 amide bonds. The summed E-state index contributed by atoms with van der Waals surface area (Å²) in [6.07, 6.45) is -6.61. The van der Waals surface area contributed by atoms with E-state index < -0.39 is 133 Å². The van der Waals surface area contributed by atoms with Crippen LogP contribution in [0.5, 0.6) is 0 Å². The van der Waals surface area contributed by atoms with Gasteiger partial charge in [0.15, 0.2) is 11.6 Å². The summed E-state index contributed by atoms with van der Waals surface area (Å²) in [7, 11) is 0. The predicted molar refractivity (Wildman–Crippen MR) is 291 cm³/mol. The van der Waals surface area contributed by atoms with Crippen molar-refractivity contribution in [1.82, 2.24) is 0 Å². The fourth-order valence-electron chi connectivity index (χ4n) is 7.34. The lowest BCUT2D eigenvalue weighted by Crippen LogP contribution is -2.47. The number of halogens is 6. The highest BCUT2D eigenvalue weighted by Gasteiger charge is 2.46. The Morgan fingerprint density at radius 1 is 0.526 bits per heavy atom. The summed E-state index contributed by atoms with van der Waals surface area (Å²) in [5, 5.41) is 10.8. The summed E-state index contributed by atoms with van der Waals surface area (Å²) in [6.45, 7) is 22.4. The minimum atomic E-state index is -1.85. The summed E-state index contributed by atoms with van der Waals surface area (Å²) in [4.78, 5) is 89.3. The van der Waals surface area contributed by atoms with Crippen LogP contribution in [0.25, 0.3) is 0 Å². The molecule has 0 saturated heterocycles. The van der Waals surface area contributed by atoms with Crippen molar-refractivity contribution in [2.75, 3.05) is 26.4 Å². The SMILES string of the molecule is C[C@@H](COCc1ccccc1)[C@H](OC(=O)OCC(Cl)(Cl)Cl)[C@@H](C)C(=O)C(C)(C)C(=O)CC(=O)OC(C)(C)C.C[C@@H](COCc1ccccc1)[C@H](OC(=O)OCC(Cl)(Cl)Cl)[C@@H](C)C(=O)C(C)(C)[C@@H](O)CC(=O)OC(C)(C)C. The number of carbonyl (C=O) groups excluding carboxylic acids is 7. The molecular weight excluding hydrogens is 1120 g/mol. The van der Waals surface area contributed by atoms with Gasteiger partial charge in [0.2, 0.25) is 7.59 Å². The Bertz CT molecular complexity index is 2170. The molecule has 7 atom stereocenters. The van der Waals surface area contributed by atoms with Crippen molar-refractivity contribution >= 4 is 111 Å². The Balaban J connectivity index is 0.000000760. The Morgan fingerprint density at radius 2 is 0.882 bits per heavy atom. The summed E-state index contributed by atoms with van der Waals surface area (Å²) < 4.78 is 39.1. The molecule has 0 radical (unpaired) electrons. The zero-order chi connectivity index (χ0) is 58.6. The van der Waals surface area contributed by atoms with E-state index in [2.05, 4.69) is 0 Å². The molecule has 0 heterocycles. The molecule has 0 aromatic heterocycles. The highest BCUT2D eigenvalue weighted by molar-refractivity contribution is 6.68. The number of ketones is 3. The first-order valence-corrected chi connectivity index (χ1v) is 26.7. The first-order valence-electron chi connectivity index (χ1n) is 24.4.